The third-order valence-electron chi connectivity index (χ3n) is 6.38. The summed E-state index contributed by atoms with van der Waals surface area (Å²) in [6.45, 7) is 0. The maximum atomic E-state index is 16.4. The minimum absolute atomic E-state index is 0.169. The van der Waals surface area contributed by atoms with Gasteiger partial charge in [0.2, 0.25) is 0 Å². The Labute approximate surface area is 247 Å². The zero-order chi connectivity index (χ0) is 35.2. The van der Waals surface area contributed by atoms with Crippen LogP contribution in [0.25, 0.3) is 22.3 Å². The highest BCUT2D eigenvalue weighted by Gasteiger charge is 2.45. The number of hydrogen-bond acceptors (Lipinski definition) is 4. The molecule has 0 unspecified atom stereocenters. The molecule has 3 aromatic rings. The molecule has 0 saturated carbocycles. The molecule has 0 spiro atoms. The van der Waals surface area contributed by atoms with E-state index >= 15 is 8.78 Å². The topological polar surface area (TPSA) is 95.2 Å². The second-order valence-electron chi connectivity index (χ2n) is 9.10. The summed E-state index contributed by atoms with van der Waals surface area (Å²) < 4.78 is 195. The van der Waals surface area contributed by atoms with Crippen LogP contribution in [0.5, 0.6) is 0 Å². The molecule has 0 aliphatic carbocycles. The molecule has 0 aromatic heterocycles. The summed E-state index contributed by atoms with van der Waals surface area (Å²) in [5.74, 6) is -9.41. The largest absolute Gasteiger partial charge is 0.417 e. The molecule has 0 fully saturated rings. The predicted octanol–water partition coefficient (Wildman–Crippen LogP) is 9.64. The van der Waals surface area contributed by atoms with Crippen molar-refractivity contribution in [3.8, 4) is 46.5 Å². The van der Waals surface area contributed by atoms with Crippen molar-refractivity contribution in [3.05, 3.63) is 81.4 Å². The van der Waals surface area contributed by atoms with Crippen molar-refractivity contribution in [1.82, 2.24) is 0 Å². The average Bonchev–Trinajstić information content (AvgIpc) is 2.94. The molecular weight excluding hydrogens is 658 g/mol. The van der Waals surface area contributed by atoms with Gasteiger partial charge >= 0.3 is 24.7 Å². The first-order valence-corrected chi connectivity index (χ1v) is 11.7. The molecule has 0 bridgehead atoms. The fraction of sp³-hybridized carbons (Fsp3) is 0.214. The molecule has 0 amide bonds. The lowest BCUT2D eigenvalue weighted by Crippen LogP contribution is -2.18. The average molecular weight is 666 g/mol. The molecule has 0 aliphatic rings. The van der Waals surface area contributed by atoms with Gasteiger partial charge in [0.1, 0.15) is 11.6 Å². The van der Waals surface area contributed by atoms with Crippen LogP contribution < -0.4 is 0 Å². The van der Waals surface area contributed by atoms with Crippen LogP contribution in [0, 0.1) is 57.0 Å². The van der Waals surface area contributed by atoms with Crippen molar-refractivity contribution in [2.75, 3.05) is 0 Å². The SMILES string of the molecule is N#CC(C#N)c1c(F)c(-c2ccc(C(F)(F)F)c(C(F)(F)F)c2)c(C(C#N)C#N)c(F)c1-c1ccc(C(F)(F)F)c(C(F)(F)F)c1. The summed E-state index contributed by atoms with van der Waals surface area (Å²) in [4.78, 5) is 0. The van der Waals surface area contributed by atoms with E-state index in [-0.39, 0.29) is 36.4 Å². The molecule has 4 nitrogen and oxygen atoms in total. The second kappa shape index (κ2) is 11.9. The first-order chi connectivity index (χ1) is 21.0. The molecule has 46 heavy (non-hydrogen) atoms. The van der Waals surface area contributed by atoms with E-state index in [4.69, 9.17) is 0 Å². The molecule has 0 atom stereocenters. The lowest BCUT2D eigenvalue weighted by Gasteiger charge is -2.23. The van der Waals surface area contributed by atoms with Gasteiger partial charge < -0.3 is 0 Å². The highest BCUT2D eigenvalue weighted by atomic mass is 19.4. The van der Waals surface area contributed by atoms with Gasteiger partial charge in [-0.15, -0.1) is 0 Å². The van der Waals surface area contributed by atoms with Crippen molar-refractivity contribution in [1.29, 1.82) is 21.0 Å². The van der Waals surface area contributed by atoms with Gasteiger partial charge in [-0.25, -0.2) is 8.78 Å². The van der Waals surface area contributed by atoms with Crippen LogP contribution in [0.4, 0.5) is 61.5 Å². The molecule has 3 aromatic carbocycles. The number of rotatable bonds is 4. The predicted molar refractivity (Wildman–Crippen MR) is 125 cm³/mol. The smallest absolute Gasteiger partial charge is 0.206 e. The Bertz CT molecular complexity index is 1710. The zero-order valence-corrected chi connectivity index (χ0v) is 21.7. The normalized spacial score (nSPS) is 12.4. The van der Waals surface area contributed by atoms with Crippen molar-refractivity contribution in [2.24, 2.45) is 0 Å². The van der Waals surface area contributed by atoms with Gasteiger partial charge in [0.25, 0.3) is 0 Å². The molecule has 18 heteroatoms. The molecule has 238 valence electrons. The number of alkyl halides is 12. The standard InChI is InChI=1S/C28H8F14N4/c29-23-19(11-1-3-15(25(31,32)33)17(5-11)27(37,38)39)21(13(7-43)8-44)24(30)20(22(23)14(9-45)10-46)12-2-4-16(26(34,35)36)18(6-12)28(40,41)42/h1-6,13-14H. The molecule has 0 saturated heterocycles. The maximum Gasteiger partial charge on any atom is 0.417 e. The van der Waals surface area contributed by atoms with Crippen LogP contribution in [-0.4, -0.2) is 0 Å². The fourth-order valence-electron chi connectivity index (χ4n) is 4.51. The van der Waals surface area contributed by atoms with Crippen LogP contribution in [0.3, 0.4) is 0 Å². The Balaban J connectivity index is 2.68. The Morgan fingerprint density at radius 3 is 0.913 bits per heavy atom. The highest BCUT2D eigenvalue weighted by Crippen LogP contribution is 2.49. The summed E-state index contributed by atoms with van der Waals surface area (Å²) in [6, 6.07) is 3.71. The quantitative estimate of drug-likeness (QED) is 0.259. The fourth-order valence-corrected chi connectivity index (χ4v) is 4.51. The van der Waals surface area contributed by atoms with Gasteiger partial charge in [-0.2, -0.15) is 73.7 Å². The molecule has 0 heterocycles. The summed E-state index contributed by atoms with van der Waals surface area (Å²) in [6.07, 6.45) is -22.9. The minimum atomic E-state index is -5.81. The molecule has 3 rings (SSSR count). The Hall–Kier alpha value is -5.36. The maximum absolute atomic E-state index is 16.4. The first-order valence-electron chi connectivity index (χ1n) is 11.7. The zero-order valence-electron chi connectivity index (χ0n) is 21.7. The third kappa shape index (κ3) is 6.38. The second-order valence-corrected chi connectivity index (χ2v) is 9.10. The number of halogens is 14. The van der Waals surface area contributed by atoms with E-state index in [1.807, 2.05) is 0 Å². The summed E-state index contributed by atoms with van der Waals surface area (Å²) in [5, 5.41) is 37.8. The van der Waals surface area contributed by atoms with Crippen LogP contribution in [-0.2, 0) is 24.7 Å². The van der Waals surface area contributed by atoms with E-state index in [1.54, 1.807) is 0 Å². The van der Waals surface area contributed by atoms with E-state index in [9.17, 15) is 73.7 Å². The first kappa shape index (κ1) is 35.1. The van der Waals surface area contributed by atoms with Gasteiger partial charge in [0, 0.05) is 22.3 Å². The number of nitriles is 4. The monoisotopic (exact) mass is 666 g/mol. The molecule has 0 radical (unpaired) electrons. The van der Waals surface area contributed by atoms with E-state index in [0.717, 1.165) is 24.3 Å². The van der Waals surface area contributed by atoms with E-state index in [1.165, 1.54) is 0 Å². The number of benzene rings is 3. The van der Waals surface area contributed by atoms with Crippen molar-refractivity contribution < 1.29 is 61.5 Å². The number of hydrogen-bond donors (Lipinski definition) is 0. The van der Waals surface area contributed by atoms with Crippen molar-refractivity contribution in [3.63, 3.8) is 0 Å². The summed E-state index contributed by atoms with van der Waals surface area (Å²) >= 11 is 0. The summed E-state index contributed by atoms with van der Waals surface area (Å²) in [5.41, 5.74) is -18.3. The Morgan fingerprint density at radius 1 is 0.435 bits per heavy atom. The van der Waals surface area contributed by atoms with E-state index in [0.29, 0.717) is 0 Å². The Kier molecular flexibility index (Phi) is 9.06. The summed E-state index contributed by atoms with van der Waals surface area (Å²) in [7, 11) is 0. The molecule has 0 aliphatic heterocycles. The third-order valence-corrected chi connectivity index (χ3v) is 6.38. The highest BCUT2D eigenvalue weighted by molar-refractivity contribution is 5.82. The van der Waals surface area contributed by atoms with Crippen LogP contribution in [0.2, 0.25) is 0 Å². The van der Waals surface area contributed by atoms with Gasteiger partial charge in [-0.3, -0.25) is 0 Å². The lowest BCUT2D eigenvalue weighted by molar-refractivity contribution is -0.162. The van der Waals surface area contributed by atoms with Crippen molar-refractivity contribution >= 4 is 0 Å². The van der Waals surface area contributed by atoms with Crippen molar-refractivity contribution in [2.45, 2.75) is 36.5 Å². The van der Waals surface area contributed by atoms with Crippen LogP contribution in [0.1, 0.15) is 45.2 Å². The minimum Gasteiger partial charge on any atom is -0.206 e. The van der Waals surface area contributed by atoms with Crippen LogP contribution >= 0.6 is 0 Å². The van der Waals surface area contributed by atoms with Gasteiger partial charge in [0.05, 0.1) is 46.5 Å². The van der Waals surface area contributed by atoms with E-state index < -0.39 is 104 Å². The van der Waals surface area contributed by atoms with Gasteiger partial charge in [0.15, 0.2) is 11.8 Å². The molecule has 0 N–H and O–H groups in total. The van der Waals surface area contributed by atoms with Gasteiger partial charge in [-0.05, 0) is 35.4 Å². The Morgan fingerprint density at radius 2 is 0.696 bits per heavy atom. The van der Waals surface area contributed by atoms with Crippen LogP contribution in [0.15, 0.2) is 36.4 Å². The number of nitrogens with zero attached hydrogens (tertiary/aromatic N) is 4. The van der Waals surface area contributed by atoms with E-state index in [2.05, 4.69) is 0 Å². The molecular formula is C28H8F14N4. The lowest BCUT2D eigenvalue weighted by atomic mass is 9.80. The van der Waals surface area contributed by atoms with Gasteiger partial charge in [-0.1, -0.05) is 12.1 Å².